The second kappa shape index (κ2) is 7.04. The van der Waals surface area contributed by atoms with Crippen LogP contribution in [0.15, 0.2) is 30.5 Å². The first kappa shape index (κ1) is 15.9. The molecule has 0 saturated heterocycles. The summed E-state index contributed by atoms with van der Waals surface area (Å²) in [5.41, 5.74) is 3.25. The van der Waals surface area contributed by atoms with Gasteiger partial charge in [-0.05, 0) is 36.6 Å². The molecule has 24 heavy (non-hydrogen) atoms. The molecular weight excluding hydrogens is 304 g/mol. The van der Waals surface area contributed by atoms with Crippen LogP contribution >= 0.6 is 0 Å². The highest BCUT2D eigenvalue weighted by atomic mass is 16.2. The molecule has 1 aliphatic heterocycles. The van der Waals surface area contributed by atoms with Gasteiger partial charge in [-0.2, -0.15) is 10.4 Å². The quantitative estimate of drug-likeness (QED) is 0.905. The molecule has 7 nitrogen and oxygen atoms in total. The van der Waals surface area contributed by atoms with Crippen molar-refractivity contribution in [2.75, 3.05) is 29.1 Å². The topological polar surface area (TPSA) is 86.0 Å². The van der Waals surface area contributed by atoms with Crippen molar-refractivity contribution < 1.29 is 4.79 Å². The summed E-state index contributed by atoms with van der Waals surface area (Å²) in [5, 5.41) is 18.3. The Balaban J connectivity index is 1.61. The Morgan fingerprint density at radius 2 is 2.25 bits per heavy atom. The summed E-state index contributed by atoms with van der Waals surface area (Å²) < 4.78 is 1.63. The number of benzene rings is 1. The van der Waals surface area contributed by atoms with Gasteiger partial charge in [0.25, 0.3) is 0 Å². The van der Waals surface area contributed by atoms with E-state index in [1.54, 1.807) is 16.9 Å². The van der Waals surface area contributed by atoms with Gasteiger partial charge in [0, 0.05) is 37.2 Å². The van der Waals surface area contributed by atoms with Crippen LogP contribution in [0.2, 0.25) is 0 Å². The summed E-state index contributed by atoms with van der Waals surface area (Å²) in [6.45, 7) is 1.58. The van der Waals surface area contributed by atoms with Crippen LogP contribution in [0, 0.1) is 11.3 Å². The first-order valence-electron chi connectivity index (χ1n) is 7.98. The summed E-state index contributed by atoms with van der Waals surface area (Å²) in [6, 6.07) is 9.42. The number of nitriles is 1. The highest BCUT2D eigenvalue weighted by molar-refractivity contribution is 5.99. The molecule has 1 aliphatic rings. The summed E-state index contributed by atoms with van der Waals surface area (Å²) in [5.74, 6) is 0.461. The molecule has 124 valence electrons. The first-order chi connectivity index (χ1) is 11.7. The van der Waals surface area contributed by atoms with Crippen LogP contribution in [0.25, 0.3) is 0 Å². The van der Waals surface area contributed by atoms with E-state index in [4.69, 9.17) is 5.26 Å². The Hall–Kier alpha value is -3.01. The van der Waals surface area contributed by atoms with E-state index in [1.165, 1.54) is 11.3 Å². The predicted octanol–water partition coefficient (Wildman–Crippen LogP) is 2.82. The fraction of sp³-hybridized carbons (Fsp3) is 0.353. The fourth-order valence-electron chi connectivity index (χ4n) is 2.86. The standard InChI is InChI=1S/C17H20N6O/c1-22-9-2-4-13-12-14(5-6-15(13)22)19-17(24)20-16-7-11-23(21-16)10-3-8-18/h5-7,11-12H,2-4,9-10H2,1H3,(H2,19,20,21,24). The second-order valence-corrected chi connectivity index (χ2v) is 5.82. The van der Waals surface area contributed by atoms with Crippen LogP contribution in [0.3, 0.4) is 0 Å². The number of aryl methyl sites for hydroxylation is 2. The number of nitrogens with one attached hydrogen (secondary N) is 2. The Morgan fingerprint density at radius 1 is 1.38 bits per heavy atom. The van der Waals surface area contributed by atoms with Gasteiger partial charge in [-0.25, -0.2) is 4.79 Å². The normalized spacial score (nSPS) is 13.1. The minimum absolute atomic E-state index is 0.329. The number of hydrogen-bond acceptors (Lipinski definition) is 4. The highest BCUT2D eigenvalue weighted by Crippen LogP contribution is 2.28. The molecule has 0 unspecified atom stereocenters. The first-order valence-corrected chi connectivity index (χ1v) is 7.98. The van der Waals surface area contributed by atoms with Gasteiger partial charge in [0.15, 0.2) is 5.82 Å². The molecule has 0 aliphatic carbocycles. The second-order valence-electron chi connectivity index (χ2n) is 5.82. The maximum atomic E-state index is 12.1. The van der Waals surface area contributed by atoms with Crippen molar-refractivity contribution in [3.63, 3.8) is 0 Å². The van der Waals surface area contributed by atoms with Crippen molar-refractivity contribution in [3.05, 3.63) is 36.0 Å². The minimum Gasteiger partial charge on any atom is -0.374 e. The maximum absolute atomic E-state index is 12.1. The van der Waals surface area contributed by atoms with E-state index in [2.05, 4.69) is 33.7 Å². The average molecular weight is 324 g/mol. The number of anilines is 3. The SMILES string of the molecule is CN1CCCc2cc(NC(=O)Nc3ccn(CCC#N)n3)ccc21. The van der Waals surface area contributed by atoms with Gasteiger partial charge in [0.05, 0.1) is 19.0 Å². The van der Waals surface area contributed by atoms with E-state index in [-0.39, 0.29) is 6.03 Å². The zero-order valence-electron chi connectivity index (χ0n) is 13.6. The van der Waals surface area contributed by atoms with Crippen molar-refractivity contribution in [1.29, 1.82) is 5.26 Å². The lowest BCUT2D eigenvalue weighted by Gasteiger charge is -2.27. The number of urea groups is 1. The van der Waals surface area contributed by atoms with Gasteiger partial charge < -0.3 is 10.2 Å². The van der Waals surface area contributed by atoms with Crippen molar-refractivity contribution in [1.82, 2.24) is 9.78 Å². The van der Waals surface area contributed by atoms with Crippen LogP contribution in [0.1, 0.15) is 18.4 Å². The molecule has 0 radical (unpaired) electrons. The van der Waals surface area contributed by atoms with Crippen LogP contribution < -0.4 is 15.5 Å². The molecule has 0 spiro atoms. The third kappa shape index (κ3) is 3.66. The van der Waals surface area contributed by atoms with E-state index in [0.717, 1.165) is 25.1 Å². The number of nitrogens with zero attached hydrogens (tertiary/aromatic N) is 4. The van der Waals surface area contributed by atoms with E-state index in [9.17, 15) is 4.79 Å². The van der Waals surface area contributed by atoms with Crippen molar-refractivity contribution in [2.45, 2.75) is 25.8 Å². The molecule has 2 aromatic rings. The van der Waals surface area contributed by atoms with E-state index in [0.29, 0.717) is 18.8 Å². The molecule has 0 bridgehead atoms. The Labute approximate surface area is 140 Å². The lowest BCUT2D eigenvalue weighted by Crippen LogP contribution is -2.25. The largest absolute Gasteiger partial charge is 0.374 e. The average Bonchev–Trinajstić information content (AvgIpc) is 3.00. The third-order valence-electron chi connectivity index (χ3n) is 4.02. The Bertz CT molecular complexity index is 776. The molecule has 3 rings (SSSR count). The van der Waals surface area contributed by atoms with E-state index in [1.807, 2.05) is 18.2 Å². The molecule has 0 fully saturated rings. The number of carbonyl (C=O) groups is 1. The number of amides is 2. The lowest BCUT2D eigenvalue weighted by atomic mass is 10.0. The molecular formula is C17H20N6O. The maximum Gasteiger partial charge on any atom is 0.324 e. The number of carbonyl (C=O) groups excluding carboxylic acids is 1. The number of rotatable bonds is 4. The monoisotopic (exact) mass is 324 g/mol. The molecule has 2 amide bonds. The van der Waals surface area contributed by atoms with Gasteiger partial charge in [0.1, 0.15) is 0 Å². The van der Waals surface area contributed by atoms with Gasteiger partial charge in [-0.1, -0.05) is 0 Å². The van der Waals surface area contributed by atoms with Gasteiger partial charge >= 0.3 is 6.03 Å². The number of fused-ring (bicyclic) bond motifs is 1. The zero-order valence-corrected chi connectivity index (χ0v) is 13.6. The van der Waals surface area contributed by atoms with Gasteiger partial charge in [0.2, 0.25) is 0 Å². The molecule has 1 aromatic heterocycles. The summed E-state index contributed by atoms with van der Waals surface area (Å²) >= 11 is 0. The Kier molecular flexibility index (Phi) is 4.66. The Morgan fingerprint density at radius 3 is 3.08 bits per heavy atom. The van der Waals surface area contributed by atoms with Crippen LogP contribution in [-0.4, -0.2) is 29.4 Å². The number of aromatic nitrogens is 2. The summed E-state index contributed by atoms with van der Waals surface area (Å²) in [7, 11) is 2.08. The van der Waals surface area contributed by atoms with Crippen LogP contribution in [0.5, 0.6) is 0 Å². The van der Waals surface area contributed by atoms with Crippen LogP contribution in [-0.2, 0) is 13.0 Å². The van der Waals surface area contributed by atoms with Crippen LogP contribution in [0.4, 0.5) is 22.0 Å². The molecule has 2 N–H and O–H groups in total. The van der Waals surface area contributed by atoms with E-state index >= 15 is 0 Å². The number of hydrogen-bond donors (Lipinski definition) is 2. The molecule has 0 saturated carbocycles. The predicted molar refractivity (Wildman–Crippen MR) is 93.1 cm³/mol. The third-order valence-corrected chi connectivity index (χ3v) is 4.02. The summed E-state index contributed by atoms with van der Waals surface area (Å²) in [6.07, 6.45) is 4.28. The molecule has 1 aromatic carbocycles. The highest BCUT2D eigenvalue weighted by Gasteiger charge is 2.14. The lowest BCUT2D eigenvalue weighted by molar-refractivity contribution is 0.262. The molecule has 2 heterocycles. The minimum atomic E-state index is -0.329. The van der Waals surface area contributed by atoms with Gasteiger partial charge in [-0.3, -0.25) is 10.00 Å². The summed E-state index contributed by atoms with van der Waals surface area (Å²) in [4.78, 5) is 14.3. The zero-order chi connectivity index (χ0) is 16.9. The van der Waals surface area contributed by atoms with Gasteiger partial charge in [-0.15, -0.1) is 0 Å². The fourth-order valence-corrected chi connectivity index (χ4v) is 2.86. The molecule has 7 heteroatoms. The smallest absolute Gasteiger partial charge is 0.324 e. The molecule has 0 atom stereocenters. The van der Waals surface area contributed by atoms with E-state index < -0.39 is 0 Å². The van der Waals surface area contributed by atoms with Crippen molar-refractivity contribution >= 4 is 23.2 Å². The van der Waals surface area contributed by atoms with Crippen molar-refractivity contribution in [3.8, 4) is 6.07 Å². The van der Waals surface area contributed by atoms with Crippen molar-refractivity contribution in [2.24, 2.45) is 0 Å².